The summed E-state index contributed by atoms with van der Waals surface area (Å²) in [5.74, 6) is 0.896. The quantitative estimate of drug-likeness (QED) is 0.438. The maximum atomic E-state index is 13.0. The summed E-state index contributed by atoms with van der Waals surface area (Å²) >= 11 is 0. The summed E-state index contributed by atoms with van der Waals surface area (Å²) in [4.78, 5) is 17.2. The van der Waals surface area contributed by atoms with Crippen molar-refractivity contribution >= 4 is 14.0 Å². The highest BCUT2D eigenvalue weighted by atomic mass is 16.5. The monoisotopic (exact) mass is 410 g/mol. The van der Waals surface area contributed by atoms with Gasteiger partial charge in [0.25, 0.3) is 6.20 Å². The maximum absolute atomic E-state index is 13.0. The molecule has 1 atom stereocenters. The molecule has 4 rings (SSSR count). The van der Waals surface area contributed by atoms with E-state index in [0.717, 1.165) is 42.0 Å². The molecule has 30 heavy (non-hydrogen) atoms. The van der Waals surface area contributed by atoms with Gasteiger partial charge in [-0.1, -0.05) is 12.1 Å². The molecule has 2 saturated heterocycles. The highest BCUT2D eigenvalue weighted by Gasteiger charge is 2.36. The van der Waals surface area contributed by atoms with Crippen LogP contribution in [-0.2, 0) is 6.61 Å². The number of hydrogen-bond acceptors (Lipinski definition) is 6. The Morgan fingerprint density at radius 3 is 2.77 bits per heavy atom. The van der Waals surface area contributed by atoms with E-state index in [1.165, 1.54) is 12.3 Å². The minimum atomic E-state index is -0.260. The molecule has 1 aromatic carbocycles. The van der Waals surface area contributed by atoms with Crippen LogP contribution in [0, 0.1) is 0 Å². The van der Waals surface area contributed by atoms with E-state index in [1.807, 2.05) is 24.3 Å². The number of fused-ring (bicyclic) bond motifs is 1. The van der Waals surface area contributed by atoms with Crippen LogP contribution >= 0.6 is 0 Å². The van der Waals surface area contributed by atoms with Gasteiger partial charge in [0.15, 0.2) is 5.75 Å². The Hall–Kier alpha value is -2.94. The average Bonchev–Trinajstić information content (AvgIpc) is 3.25. The lowest BCUT2D eigenvalue weighted by molar-refractivity contribution is -0.906. The van der Waals surface area contributed by atoms with Crippen LogP contribution < -0.4 is 18.9 Å². The molecular weight excluding hydrogens is 385 g/mol. The molecular formula is C21H25BN3O5+. The van der Waals surface area contributed by atoms with Crippen molar-refractivity contribution in [3.8, 4) is 17.2 Å². The molecule has 1 amide bonds. The summed E-state index contributed by atoms with van der Waals surface area (Å²) < 4.78 is 16.6. The lowest BCUT2D eigenvalue weighted by Crippen LogP contribution is -2.54. The third kappa shape index (κ3) is 4.16. The Morgan fingerprint density at radius 2 is 2.03 bits per heavy atom. The number of nitrogens with zero attached hydrogens (tertiary/aromatic N) is 3. The van der Waals surface area contributed by atoms with Gasteiger partial charge in [0.05, 0.1) is 13.2 Å². The van der Waals surface area contributed by atoms with E-state index in [9.17, 15) is 10.0 Å². The lowest BCUT2D eigenvalue weighted by Gasteiger charge is -2.36. The van der Waals surface area contributed by atoms with Crippen molar-refractivity contribution in [2.75, 3.05) is 33.3 Å². The number of methoxy groups -OCH3 is 1. The molecule has 1 aromatic heterocycles. The lowest BCUT2D eigenvalue weighted by atomic mass is 10.1. The molecule has 2 aromatic rings. The smallest absolute Gasteiger partial charge is 0.374 e. The van der Waals surface area contributed by atoms with Gasteiger partial charge in [-0.2, -0.15) is 0 Å². The number of ether oxygens (including phenoxy) is 2. The van der Waals surface area contributed by atoms with E-state index in [0.29, 0.717) is 19.1 Å². The number of pyridine rings is 1. The van der Waals surface area contributed by atoms with E-state index in [2.05, 4.69) is 4.90 Å². The number of aromatic nitrogens is 1. The van der Waals surface area contributed by atoms with Crippen LogP contribution in [0.3, 0.4) is 0 Å². The van der Waals surface area contributed by atoms with E-state index >= 15 is 0 Å². The predicted molar refractivity (Wildman–Crippen MR) is 108 cm³/mol. The van der Waals surface area contributed by atoms with Crippen molar-refractivity contribution in [3.05, 3.63) is 47.8 Å². The minimum absolute atomic E-state index is 0.0821. The molecule has 1 N–H and O–H groups in total. The number of rotatable bonds is 6. The zero-order valence-corrected chi connectivity index (χ0v) is 17.0. The molecule has 3 heterocycles. The summed E-state index contributed by atoms with van der Waals surface area (Å²) in [7, 11) is 7.01. The first-order valence-corrected chi connectivity index (χ1v) is 10.0. The zero-order valence-electron chi connectivity index (χ0n) is 17.0. The third-order valence-corrected chi connectivity index (χ3v) is 5.77. The largest absolute Gasteiger partial charge is 0.565 e. The third-order valence-electron chi connectivity index (χ3n) is 5.77. The molecule has 2 aliphatic heterocycles. The predicted octanol–water partition coefficient (Wildman–Crippen LogP) is 1.18. The molecule has 8 nitrogen and oxygen atoms in total. The number of carbonyl (C=O) groups is 1. The molecule has 0 unspecified atom stereocenters. The van der Waals surface area contributed by atoms with Crippen LogP contribution in [-0.4, -0.2) is 68.3 Å². The SMILES string of the molecule is [B]Oc1cc(C(=O)N2CCN3CCC[C@H]3C2)[n+](O)cc1OCc1ccc(OC)cc1. The van der Waals surface area contributed by atoms with Crippen LogP contribution in [0.1, 0.15) is 28.9 Å². The molecule has 156 valence electrons. The van der Waals surface area contributed by atoms with Crippen LogP contribution in [0.2, 0.25) is 0 Å². The van der Waals surface area contributed by atoms with Crippen LogP contribution in [0.4, 0.5) is 0 Å². The molecule has 0 bridgehead atoms. The Morgan fingerprint density at radius 1 is 1.23 bits per heavy atom. The number of amides is 1. The summed E-state index contributed by atoms with van der Waals surface area (Å²) in [6, 6.07) is 9.21. The molecule has 0 saturated carbocycles. The summed E-state index contributed by atoms with van der Waals surface area (Å²) in [6.07, 6.45) is 3.56. The van der Waals surface area contributed by atoms with Gasteiger partial charge in [0.2, 0.25) is 5.75 Å². The number of hydrogen-bond donors (Lipinski definition) is 1. The van der Waals surface area contributed by atoms with Gasteiger partial charge in [0.1, 0.15) is 12.4 Å². The van der Waals surface area contributed by atoms with Crippen LogP contribution in [0.5, 0.6) is 17.2 Å². The summed E-state index contributed by atoms with van der Waals surface area (Å²) in [5, 5.41) is 10.4. The topological polar surface area (TPSA) is 75.4 Å². The van der Waals surface area contributed by atoms with Gasteiger partial charge in [-0.05, 0) is 37.1 Å². The van der Waals surface area contributed by atoms with Crippen molar-refractivity contribution in [1.82, 2.24) is 9.80 Å². The van der Waals surface area contributed by atoms with E-state index in [1.54, 1.807) is 12.0 Å². The van der Waals surface area contributed by atoms with Gasteiger partial charge in [-0.3, -0.25) is 14.9 Å². The fourth-order valence-corrected chi connectivity index (χ4v) is 4.09. The van der Waals surface area contributed by atoms with Crippen molar-refractivity contribution in [3.63, 3.8) is 0 Å². The van der Waals surface area contributed by atoms with Crippen molar-refractivity contribution in [2.24, 2.45) is 0 Å². The van der Waals surface area contributed by atoms with Crippen molar-refractivity contribution < 1.29 is 28.9 Å². The summed E-state index contributed by atoms with van der Waals surface area (Å²) in [5.41, 5.74) is 0.983. The van der Waals surface area contributed by atoms with Gasteiger partial charge in [0, 0.05) is 30.4 Å². The Balaban J connectivity index is 1.47. The number of piperazine rings is 1. The Labute approximate surface area is 177 Å². The molecule has 2 fully saturated rings. The normalized spacial score (nSPS) is 18.7. The first-order valence-electron chi connectivity index (χ1n) is 10.0. The van der Waals surface area contributed by atoms with Crippen LogP contribution in [0.25, 0.3) is 0 Å². The maximum Gasteiger partial charge on any atom is 0.374 e. The van der Waals surface area contributed by atoms with Crippen LogP contribution in [0.15, 0.2) is 36.5 Å². The van der Waals surface area contributed by atoms with Crippen molar-refractivity contribution in [2.45, 2.75) is 25.5 Å². The zero-order chi connectivity index (χ0) is 21.1. The standard InChI is InChI=1S/C21H25BN3O5/c1-28-17-6-4-15(5-7-17)14-29-20-13-25(27)18(11-19(20)30-22)21(26)24-10-9-23-8-2-3-16(23)12-24/h4-7,11,13,16,27H,2-3,8-10,12,14H2,1H3/q+1/t16-/m0/s1. The average molecular weight is 410 g/mol. The second-order valence-electron chi connectivity index (χ2n) is 7.57. The minimum Gasteiger partial charge on any atom is -0.565 e. The fraction of sp³-hybridized carbons (Fsp3) is 0.429. The molecule has 0 spiro atoms. The van der Waals surface area contributed by atoms with Gasteiger partial charge >= 0.3 is 19.7 Å². The number of carbonyl (C=O) groups excluding carboxylic acids is 1. The van der Waals surface area contributed by atoms with Gasteiger partial charge in [-0.25, -0.2) is 0 Å². The summed E-state index contributed by atoms with van der Waals surface area (Å²) in [6.45, 7) is 3.47. The van der Waals surface area contributed by atoms with E-state index < -0.39 is 0 Å². The Kier molecular flexibility index (Phi) is 5.99. The Bertz CT molecular complexity index is 908. The van der Waals surface area contributed by atoms with Crippen molar-refractivity contribution in [1.29, 1.82) is 0 Å². The molecule has 2 aliphatic rings. The highest BCUT2D eigenvalue weighted by molar-refractivity contribution is 6.00. The fourth-order valence-electron chi connectivity index (χ4n) is 4.09. The number of benzene rings is 1. The molecule has 9 heteroatoms. The second-order valence-corrected chi connectivity index (χ2v) is 7.57. The van der Waals surface area contributed by atoms with Gasteiger partial charge in [-0.15, -0.1) is 0 Å². The first-order chi connectivity index (χ1) is 14.6. The van der Waals surface area contributed by atoms with E-state index in [4.69, 9.17) is 22.2 Å². The molecule has 0 aliphatic carbocycles. The first kappa shape index (κ1) is 20.3. The van der Waals surface area contributed by atoms with Gasteiger partial charge < -0.3 is 19.0 Å². The molecule has 2 radical (unpaired) electrons. The second kappa shape index (κ2) is 8.83. The highest BCUT2D eigenvalue weighted by Crippen LogP contribution is 2.28. The van der Waals surface area contributed by atoms with E-state index in [-0.39, 0.29) is 29.7 Å².